The van der Waals surface area contributed by atoms with Crippen LogP contribution >= 0.6 is 11.8 Å². The quantitative estimate of drug-likeness (QED) is 0.631. The highest BCUT2D eigenvalue weighted by Crippen LogP contribution is 2.45. The molecule has 1 aliphatic heterocycles. The zero-order chi connectivity index (χ0) is 20.7. The number of fused-ring (bicyclic) bond motifs is 2. The molecular weight excluding hydrogens is 394 g/mol. The van der Waals surface area contributed by atoms with Crippen molar-refractivity contribution in [1.82, 2.24) is 19.7 Å². The van der Waals surface area contributed by atoms with Crippen molar-refractivity contribution in [3.05, 3.63) is 77.8 Å². The van der Waals surface area contributed by atoms with E-state index in [1.54, 1.807) is 18.0 Å². The predicted octanol–water partition coefficient (Wildman–Crippen LogP) is 4.48. The topological polar surface area (TPSA) is 72.7 Å². The molecule has 0 radical (unpaired) electrons. The molecule has 0 saturated heterocycles. The molecule has 0 unspecified atom stereocenters. The molecule has 0 saturated carbocycles. The number of aromatic nitrogens is 4. The number of benzene rings is 1. The zero-order valence-corrected chi connectivity index (χ0v) is 17.8. The molecule has 2 aromatic heterocycles. The molecule has 6 nitrogen and oxygen atoms in total. The summed E-state index contributed by atoms with van der Waals surface area (Å²) in [5.74, 6) is 1.33. The highest BCUT2D eigenvalue weighted by atomic mass is 32.2. The van der Waals surface area contributed by atoms with Crippen LogP contribution in [0.1, 0.15) is 37.6 Å². The Kier molecular flexibility index (Phi) is 4.70. The molecule has 5 rings (SSSR count). The minimum absolute atomic E-state index is 0.183. The summed E-state index contributed by atoms with van der Waals surface area (Å²) in [4.78, 5) is 22.5. The van der Waals surface area contributed by atoms with Crippen molar-refractivity contribution in [2.24, 2.45) is 11.3 Å². The van der Waals surface area contributed by atoms with Crippen LogP contribution in [-0.4, -0.2) is 25.5 Å². The number of carbonyl (C=O) groups is 1. The Morgan fingerprint density at radius 2 is 1.97 bits per heavy atom. The Morgan fingerprint density at radius 3 is 2.73 bits per heavy atom. The Bertz CT molecular complexity index is 1110. The molecular formula is C23H23N5OS. The van der Waals surface area contributed by atoms with Crippen molar-refractivity contribution in [2.45, 2.75) is 37.2 Å². The van der Waals surface area contributed by atoms with Gasteiger partial charge >= 0.3 is 0 Å². The molecule has 3 heterocycles. The van der Waals surface area contributed by atoms with Gasteiger partial charge in [0.05, 0.1) is 11.6 Å². The van der Waals surface area contributed by atoms with Gasteiger partial charge in [-0.2, -0.15) is 4.98 Å². The smallest absolute Gasteiger partial charge is 0.227 e. The molecule has 2 aliphatic rings. The predicted molar refractivity (Wildman–Crippen MR) is 117 cm³/mol. The standard InChI is InChI=1S/C23H23N5OS/c1-23(2)12-17-19(18(29)13-23)20(16-10-6-7-11-24-16)28-21(25-17)26-22(27-28)30-14-15-8-4-3-5-9-15/h3-12,19-20H,13-14H2,1-2H3,(H,25,26,27)/t19-,20-/m1/s1. The van der Waals surface area contributed by atoms with Crippen LogP contribution in [0.15, 0.2) is 71.7 Å². The first-order valence-corrected chi connectivity index (χ1v) is 11.1. The largest absolute Gasteiger partial charge is 0.328 e. The fourth-order valence-electron chi connectivity index (χ4n) is 4.24. The van der Waals surface area contributed by atoms with Crippen LogP contribution in [0.3, 0.4) is 0 Å². The lowest BCUT2D eigenvalue weighted by Gasteiger charge is -2.39. The van der Waals surface area contributed by atoms with Crippen molar-refractivity contribution >= 4 is 23.5 Å². The average molecular weight is 418 g/mol. The van der Waals surface area contributed by atoms with Crippen LogP contribution in [-0.2, 0) is 10.5 Å². The Hall–Kier alpha value is -2.93. The summed E-state index contributed by atoms with van der Waals surface area (Å²) in [7, 11) is 0. The van der Waals surface area contributed by atoms with Gasteiger partial charge in [0, 0.05) is 24.1 Å². The number of Topliss-reactive ketones (excluding diaryl/α,β-unsaturated/α-hetero) is 1. The number of pyridine rings is 1. The number of thioether (sulfide) groups is 1. The summed E-state index contributed by atoms with van der Waals surface area (Å²) < 4.78 is 1.84. The van der Waals surface area contributed by atoms with Gasteiger partial charge in [-0.15, -0.1) is 5.10 Å². The lowest BCUT2D eigenvalue weighted by atomic mass is 9.72. The lowest BCUT2D eigenvalue weighted by molar-refractivity contribution is -0.125. The number of hydrogen-bond donors (Lipinski definition) is 1. The molecule has 7 heteroatoms. The maximum absolute atomic E-state index is 13.2. The second kappa shape index (κ2) is 7.40. The highest BCUT2D eigenvalue weighted by molar-refractivity contribution is 7.98. The minimum Gasteiger partial charge on any atom is -0.328 e. The maximum atomic E-state index is 13.2. The summed E-state index contributed by atoms with van der Waals surface area (Å²) in [5, 5.41) is 8.85. The maximum Gasteiger partial charge on any atom is 0.227 e. The fraction of sp³-hybridized carbons (Fsp3) is 0.304. The summed E-state index contributed by atoms with van der Waals surface area (Å²) in [5.41, 5.74) is 2.77. The highest BCUT2D eigenvalue weighted by Gasteiger charge is 2.45. The van der Waals surface area contributed by atoms with E-state index in [1.807, 2.05) is 41.1 Å². The number of nitrogens with one attached hydrogen (secondary N) is 1. The zero-order valence-electron chi connectivity index (χ0n) is 16.9. The van der Waals surface area contributed by atoms with Crippen LogP contribution in [0, 0.1) is 11.3 Å². The first kappa shape index (κ1) is 19.1. The number of carbonyl (C=O) groups excluding carboxylic acids is 1. The number of allylic oxidation sites excluding steroid dienone is 2. The van der Waals surface area contributed by atoms with E-state index in [-0.39, 0.29) is 23.2 Å². The van der Waals surface area contributed by atoms with Crippen LogP contribution in [0.2, 0.25) is 0 Å². The minimum atomic E-state index is -0.325. The van der Waals surface area contributed by atoms with Gasteiger partial charge in [-0.1, -0.05) is 68.1 Å². The number of anilines is 1. The van der Waals surface area contributed by atoms with E-state index in [9.17, 15) is 4.79 Å². The lowest BCUT2D eigenvalue weighted by Crippen LogP contribution is -2.42. The number of ketones is 1. The van der Waals surface area contributed by atoms with Gasteiger partial charge in [0.2, 0.25) is 11.1 Å². The molecule has 0 spiro atoms. The Labute approximate surface area is 179 Å². The van der Waals surface area contributed by atoms with Gasteiger partial charge in [0.1, 0.15) is 11.8 Å². The van der Waals surface area contributed by atoms with Crippen LogP contribution < -0.4 is 5.32 Å². The van der Waals surface area contributed by atoms with Gasteiger partial charge in [0.25, 0.3) is 0 Å². The second-order valence-electron chi connectivity index (χ2n) is 8.47. The van der Waals surface area contributed by atoms with E-state index < -0.39 is 0 Å². The van der Waals surface area contributed by atoms with Gasteiger partial charge in [-0.25, -0.2) is 4.68 Å². The third kappa shape index (κ3) is 3.54. The summed E-state index contributed by atoms with van der Waals surface area (Å²) >= 11 is 1.59. The van der Waals surface area contributed by atoms with Gasteiger partial charge in [0.15, 0.2) is 0 Å². The molecule has 3 aromatic rings. The Balaban J connectivity index is 1.54. The number of rotatable bonds is 4. The van der Waals surface area contributed by atoms with Crippen molar-refractivity contribution in [2.75, 3.05) is 5.32 Å². The van der Waals surface area contributed by atoms with E-state index in [2.05, 4.69) is 42.4 Å². The monoisotopic (exact) mass is 417 g/mol. The van der Waals surface area contributed by atoms with Gasteiger partial charge in [-0.3, -0.25) is 9.78 Å². The van der Waals surface area contributed by atoms with E-state index in [1.165, 1.54) is 5.56 Å². The second-order valence-corrected chi connectivity index (χ2v) is 9.41. The van der Waals surface area contributed by atoms with Crippen molar-refractivity contribution in [3.8, 4) is 0 Å². The Morgan fingerprint density at radius 1 is 1.17 bits per heavy atom. The molecule has 1 aliphatic carbocycles. The molecule has 0 amide bonds. The third-order valence-corrected chi connectivity index (χ3v) is 6.42. The van der Waals surface area contributed by atoms with Crippen molar-refractivity contribution in [3.63, 3.8) is 0 Å². The first-order valence-electron chi connectivity index (χ1n) is 10.1. The molecule has 30 heavy (non-hydrogen) atoms. The first-order chi connectivity index (χ1) is 14.5. The summed E-state index contributed by atoms with van der Waals surface area (Å²) in [6.07, 6.45) is 4.44. The molecule has 0 fully saturated rings. The number of hydrogen-bond acceptors (Lipinski definition) is 6. The SMILES string of the molecule is CC1(C)C=C2Nc3nc(SCc4ccccc4)nn3[C@H](c3ccccn3)[C@H]2C(=O)C1. The van der Waals surface area contributed by atoms with E-state index >= 15 is 0 Å². The van der Waals surface area contributed by atoms with Gasteiger partial charge in [-0.05, 0) is 23.1 Å². The third-order valence-electron chi connectivity index (χ3n) is 5.51. The normalized spacial score (nSPS) is 21.9. The molecule has 152 valence electrons. The fourth-order valence-corrected chi connectivity index (χ4v) is 5.02. The summed E-state index contributed by atoms with van der Waals surface area (Å²) in [6.45, 7) is 4.18. The number of nitrogens with zero attached hydrogens (tertiary/aromatic N) is 4. The molecule has 2 atom stereocenters. The van der Waals surface area contributed by atoms with Crippen molar-refractivity contribution < 1.29 is 4.79 Å². The van der Waals surface area contributed by atoms with Crippen LogP contribution in [0.4, 0.5) is 5.95 Å². The summed E-state index contributed by atoms with van der Waals surface area (Å²) in [6, 6.07) is 15.8. The van der Waals surface area contributed by atoms with E-state index in [0.29, 0.717) is 17.5 Å². The van der Waals surface area contributed by atoms with Gasteiger partial charge < -0.3 is 5.32 Å². The molecule has 1 aromatic carbocycles. The van der Waals surface area contributed by atoms with Crippen LogP contribution in [0.5, 0.6) is 0 Å². The van der Waals surface area contributed by atoms with Crippen LogP contribution in [0.25, 0.3) is 0 Å². The van der Waals surface area contributed by atoms with Crippen molar-refractivity contribution in [1.29, 1.82) is 0 Å². The van der Waals surface area contributed by atoms with E-state index in [0.717, 1.165) is 17.1 Å². The average Bonchev–Trinajstić information content (AvgIpc) is 3.13. The molecule has 0 bridgehead atoms. The molecule has 1 N–H and O–H groups in total. The van der Waals surface area contributed by atoms with E-state index in [4.69, 9.17) is 10.1 Å².